The van der Waals surface area contributed by atoms with Gasteiger partial charge in [-0.2, -0.15) is 0 Å². The first-order valence-corrected chi connectivity index (χ1v) is 6.73. The van der Waals surface area contributed by atoms with Crippen LogP contribution in [0.3, 0.4) is 0 Å². The predicted molar refractivity (Wildman–Crippen MR) is 70.5 cm³/mol. The lowest BCUT2D eigenvalue weighted by Crippen LogP contribution is -2.36. The maximum absolute atomic E-state index is 11.4. The Morgan fingerprint density at radius 1 is 1.41 bits per heavy atom. The van der Waals surface area contributed by atoms with Gasteiger partial charge in [0.1, 0.15) is 0 Å². The van der Waals surface area contributed by atoms with Gasteiger partial charge in [0.15, 0.2) is 0 Å². The number of rotatable bonds is 6. The van der Waals surface area contributed by atoms with Gasteiger partial charge in [0, 0.05) is 27.1 Å². The van der Waals surface area contributed by atoms with Crippen molar-refractivity contribution in [2.75, 3.05) is 34.2 Å². The highest BCUT2D eigenvalue weighted by Gasteiger charge is 2.16. The molecule has 0 spiro atoms. The Labute approximate surface area is 105 Å². The average Bonchev–Trinajstić information content (AvgIpc) is 2.23. The van der Waals surface area contributed by atoms with E-state index in [1.165, 1.54) is 38.8 Å². The molecule has 1 aliphatic heterocycles. The van der Waals surface area contributed by atoms with Crippen molar-refractivity contribution in [1.29, 1.82) is 0 Å². The second kappa shape index (κ2) is 7.67. The van der Waals surface area contributed by atoms with Crippen LogP contribution in [-0.4, -0.2) is 50.0 Å². The van der Waals surface area contributed by atoms with E-state index >= 15 is 0 Å². The van der Waals surface area contributed by atoms with E-state index in [4.69, 9.17) is 0 Å². The summed E-state index contributed by atoms with van der Waals surface area (Å²) in [7, 11) is 5.89. The van der Waals surface area contributed by atoms with Gasteiger partial charge in [0.2, 0.25) is 5.91 Å². The molecule has 4 heteroatoms. The number of nitrogens with one attached hydrogen (secondary N) is 1. The molecular formula is C13H27N3O. The Balaban J connectivity index is 2.01. The van der Waals surface area contributed by atoms with E-state index in [1.807, 2.05) is 14.1 Å². The van der Waals surface area contributed by atoms with Crippen molar-refractivity contribution in [1.82, 2.24) is 15.3 Å². The molecule has 100 valence electrons. The van der Waals surface area contributed by atoms with Crippen molar-refractivity contribution < 1.29 is 4.79 Å². The quantitative estimate of drug-likeness (QED) is 0.565. The third-order valence-corrected chi connectivity index (χ3v) is 3.34. The molecule has 0 bridgehead atoms. The van der Waals surface area contributed by atoms with Gasteiger partial charge < -0.3 is 4.90 Å². The molecule has 17 heavy (non-hydrogen) atoms. The summed E-state index contributed by atoms with van der Waals surface area (Å²) in [4.78, 5) is 13.8. The molecule has 1 aliphatic rings. The number of amides is 1. The lowest BCUT2D eigenvalue weighted by molar-refractivity contribution is -0.124. The van der Waals surface area contributed by atoms with E-state index < -0.39 is 0 Å². The summed E-state index contributed by atoms with van der Waals surface area (Å²) in [6, 6.07) is 0. The highest BCUT2D eigenvalue weighted by atomic mass is 16.2. The predicted octanol–water partition coefficient (Wildman–Crippen LogP) is 1.48. The van der Waals surface area contributed by atoms with Crippen LogP contribution in [-0.2, 0) is 4.79 Å². The molecule has 0 aromatic rings. The van der Waals surface area contributed by atoms with Gasteiger partial charge >= 0.3 is 0 Å². The van der Waals surface area contributed by atoms with Gasteiger partial charge in [0.05, 0.1) is 0 Å². The lowest BCUT2D eigenvalue weighted by Gasteiger charge is -2.29. The van der Waals surface area contributed by atoms with Crippen LogP contribution in [0.25, 0.3) is 0 Å². The largest absolute Gasteiger partial charge is 0.306 e. The number of hydrazine groups is 1. The molecule has 1 heterocycles. The summed E-state index contributed by atoms with van der Waals surface area (Å²) >= 11 is 0. The Morgan fingerprint density at radius 2 is 2.18 bits per heavy atom. The van der Waals surface area contributed by atoms with Gasteiger partial charge in [-0.3, -0.25) is 10.2 Å². The zero-order chi connectivity index (χ0) is 12.7. The molecule has 1 N–H and O–H groups in total. The normalized spacial score (nSPS) is 21.8. The van der Waals surface area contributed by atoms with Crippen LogP contribution in [0.5, 0.6) is 0 Å². The minimum Gasteiger partial charge on any atom is -0.306 e. The van der Waals surface area contributed by atoms with Crippen LogP contribution in [0.2, 0.25) is 0 Å². The third kappa shape index (κ3) is 6.64. The zero-order valence-corrected chi connectivity index (χ0v) is 11.5. The highest BCUT2D eigenvalue weighted by molar-refractivity contribution is 5.75. The molecule has 0 aromatic carbocycles. The number of unbranched alkanes of at least 4 members (excludes halogenated alkanes) is 1. The third-order valence-electron chi connectivity index (χ3n) is 3.34. The van der Waals surface area contributed by atoms with Crippen LogP contribution in [0.1, 0.15) is 38.5 Å². The fourth-order valence-electron chi connectivity index (χ4n) is 2.53. The summed E-state index contributed by atoms with van der Waals surface area (Å²) in [6.07, 6.45) is 6.83. The second-order valence-electron chi connectivity index (χ2n) is 5.45. The first-order chi connectivity index (χ1) is 8.08. The molecular weight excluding hydrogens is 214 g/mol. The SMILES string of the molecule is CN1CCCC(CCCCC(=O)NN(C)C)C1. The number of carbonyl (C=O) groups excluding carboxylic acids is 1. The minimum atomic E-state index is 0.135. The number of hydrogen-bond donors (Lipinski definition) is 1. The lowest BCUT2D eigenvalue weighted by atomic mass is 9.93. The first kappa shape index (κ1) is 14.5. The standard InChI is InChI=1S/C13H27N3O/c1-15(2)14-13(17)9-5-4-7-12-8-6-10-16(3)11-12/h12H,4-11H2,1-3H3,(H,14,17). The maximum atomic E-state index is 11.4. The molecule has 1 fully saturated rings. The van der Waals surface area contributed by atoms with E-state index in [0.717, 1.165) is 12.3 Å². The Kier molecular flexibility index (Phi) is 6.52. The molecule has 1 atom stereocenters. The number of carbonyl (C=O) groups is 1. The number of piperidine rings is 1. The van der Waals surface area contributed by atoms with Crippen LogP contribution in [0.4, 0.5) is 0 Å². The van der Waals surface area contributed by atoms with Crippen LogP contribution in [0.15, 0.2) is 0 Å². The summed E-state index contributed by atoms with van der Waals surface area (Å²) in [5.74, 6) is 0.987. The van der Waals surface area contributed by atoms with Crippen molar-refractivity contribution >= 4 is 5.91 Å². The number of likely N-dealkylation sites (tertiary alicyclic amines) is 1. The van der Waals surface area contributed by atoms with E-state index in [1.54, 1.807) is 5.01 Å². The molecule has 0 saturated carbocycles. The Bertz CT molecular complexity index is 231. The van der Waals surface area contributed by atoms with Crippen molar-refractivity contribution in [2.45, 2.75) is 38.5 Å². The van der Waals surface area contributed by atoms with Gasteiger partial charge in [-0.05, 0) is 45.2 Å². The molecule has 0 radical (unpaired) electrons. The van der Waals surface area contributed by atoms with Crippen molar-refractivity contribution in [3.8, 4) is 0 Å². The zero-order valence-electron chi connectivity index (χ0n) is 11.5. The van der Waals surface area contributed by atoms with Crippen LogP contribution < -0.4 is 5.43 Å². The van der Waals surface area contributed by atoms with Gasteiger partial charge in [-0.25, -0.2) is 5.01 Å². The molecule has 1 rings (SSSR count). The summed E-state index contributed by atoms with van der Waals surface area (Å²) in [5, 5.41) is 1.71. The number of nitrogens with zero attached hydrogens (tertiary/aromatic N) is 2. The molecule has 4 nitrogen and oxygen atoms in total. The Hall–Kier alpha value is -0.610. The van der Waals surface area contributed by atoms with E-state index in [9.17, 15) is 4.79 Å². The first-order valence-electron chi connectivity index (χ1n) is 6.73. The summed E-state index contributed by atoms with van der Waals surface area (Å²) < 4.78 is 0. The minimum absolute atomic E-state index is 0.135. The summed E-state index contributed by atoms with van der Waals surface area (Å²) in [5.41, 5.74) is 2.77. The fraction of sp³-hybridized carbons (Fsp3) is 0.923. The molecule has 1 unspecified atom stereocenters. The fourth-order valence-corrected chi connectivity index (χ4v) is 2.53. The maximum Gasteiger partial charge on any atom is 0.234 e. The smallest absolute Gasteiger partial charge is 0.234 e. The number of hydrogen-bond acceptors (Lipinski definition) is 3. The molecule has 1 saturated heterocycles. The van der Waals surface area contributed by atoms with Gasteiger partial charge in [0.25, 0.3) is 0 Å². The topological polar surface area (TPSA) is 35.6 Å². The van der Waals surface area contributed by atoms with Gasteiger partial charge in [-0.1, -0.05) is 6.42 Å². The average molecular weight is 241 g/mol. The monoisotopic (exact) mass is 241 g/mol. The van der Waals surface area contributed by atoms with E-state index in [-0.39, 0.29) is 5.91 Å². The van der Waals surface area contributed by atoms with Crippen molar-refractivity contribution in [2.24, 2.45) is 5.92 Å². The highest BCUT2D eigenvalue weighted by Crippen LogP contribution is 2.20. The van der Waals surface area contributed by atoms with E-state index in [2.05, 4.69) is 17.4 Å². The van der Waals surface area contributed by atoms with Crippen LogP contribution in [0, 0.1) is 5.92 Å². The van der Waals surface area contributed by atoms with Crippen molar-refractivity contribution in [3.05, 3.63) is 0 Å². The Morgan fingerprint density at radius 3 is 2.82 bits per heavy atom. The second-order valence-corrected chi connectivity index (χ2v) is 5.45. The molecule has 0 aromatic heterocycles. The molecule has 0 aliphatic carbocycles. The summed E-state index contributed by atoms with van der Waals surface area (Å²) in [6.45, 7) is 2.49. The van der Waals surface area contributed by atoms with Gasteiger partial charge in [-0.15, -0.1) is 0 Å². The van der Waals surface area contributed by atoms with E-state index in [0.29, 0.717) is 6.42 Å². The van der Waals surface area contributed by atoms with Crippen LogP contribution >= 0.6 is 0 Å². The van der Waals surface area contributed by atoms with Crippen molar-refractivity contribution in [3.63, 3.8) is 0 Å². The molecule has 1 amide bonds.